The molecule has 1 aromatic heterocycles. The Morgan fingerprint density at radius 3 is 2.85 bits per heavy atom. The molecule has 0 spiro atoms. The van der Waals surface area contributed by atoms with Gasteiger partial charge in [0.25, 0.3) is 0 Å². The van der Waals surface area contributed by atoms with E-state index in [1.165, 1.54) is 0 Å². The zero-order valence-corrected chi connectivity index (χ0v) is 12.5. The molecular formula is C15H19N3OS. The van der Waals surface area contributed by atoms with Crippen LogP contribution in [0.4, 0.5) is 10.5 Å². The topological polar surface area (TPSA) is 58.4 Å². The molecule has 0 aliphatic rings. The van der Waals surface area contributed by atoms with Gasteiger partial charge in [0.05, 0.1) is 6.54 Å². The second kappa shape index (κ2) is 6.54. The van der Waals surface area contributed by atoms with Gasteiger partial charge in [-0.1, -0.05) is 18.2 Å². The summed E-state index contributed by atoms with van der Waals surface area (Å²) in [5.41, 5.74) is 7.61. The van der Waals surface area contributed by atoms with Crippen LogP contribution >= 0.6 is 11.3 Å². The lowest BCUT2D eigenvalue weighted by atomic mass is 10.1. The summed E-state index contributed by atoms with van der Waals surface area (Å²) < 4.78 is 0. The van der Waals surface area contributed by atoms with Crippen LogP contribution in [0, 0.1) is 0 Å². The van der Waals surface area contributed by atoms with E-state index in [2.05, 4.69) is 5.32 Å². The van der Waals surface area contributed by atoms with Gasteiger partial charge in [-0.05, 0) is 36.1 Å². The summed E-state index contributed by atoms with van der Waals surface area (Å²) in [4.78, 5) is 14.9. The van der Waals surface area contributed by atoms with E-state index in [0.717, 1.165) is 16.1 Å². The number of hydrogen-bond acceptors (Lipinski definition) is 3. The quantitative estimate of drug-likeness (QED) is 0.906. The van der Waals surface area contributed by atoms with Gasteiger partial charge >= 0.3 is 6.03 Å². The molecular weight excluding hydrogens is 270 g/mol. The zero-order valence-electron chi connectivity index (χ0n) is 11.7. The van der Waals surface area contributed by atoms with E-state index in [4.69, 9.17) is 5.73 Å². The standard InChI is InChI=1S/C15H19N3OS/c1-11(16)12-5-3-6-13(9-12)17-15(19)18(2)10-14-7-4-8-20-14/h3-9,11H,10,16H2,1-2H3,(H,17,19). The van der Waals surface area contributed by atoms with Crippen LogP contribution in [-0.2, 0) is 6.54 Å². The number of nitrogens with zero attached hydrogens (tertiary/aromatic N) is 1. The number of anilines is 1. The highest BCUT2D eigenvalue weighted by Crippen LogP contribution is 2.16. The van der Waals surface area contributed by atoms with E-state index in [-0.39, 0.29) is 12.1 Å². The average Bonchev–Trinajstić information content (AvgIpc) is 2.91. The van der Waals surface area contributed by atoms with E-state index < -0.39 is 0 Å². The molecule has 0 fully saturated rings. The highest BCUT2D eigenvalue weighted by Gasteiger charge is 2.10. The number of urea groups is 1. The van der Waals surface area contributed by atoms with E-state index in [1.807, 2.05) is 48.7 Å². The third kappa shape index (κ3) is 3.82. The first kappa shape index (κ1) is 14.6. The van der Waals surface area contributed by atoms with E-state index in [1.54, 1.807) is 23.3 Å². The molecule has 0 saturated carbocycles. The molecule has 1 unspecified atom stereocenters. The molecule has 0 aliphatic carbocycles. The van der Waals surface area contributed by atoms with E-state index >= 15 is 0 Å². The summed E-state index contributed by atoms with van der Waals surface area (Å²) >= 11 is 1.64. The van der Waals surface area contributed by atoms with Gasteiger partial charge in [-0.2, -0.15) is 0 Å². The Bertz CT molecular complexity index is 566. The Hall–Kier alpha value is -1.85. The lowest BCUT2D eigenvalue weighted by Gasteiger charge is -2.17. The molecule has 1 heterocycles. The van der Waals surface area contributed by atoms with Crippen molar-refractivity contribution in [2.75, 3.05) is 12.4 Å². The zero-order chi connectivity index (χ0) is 14.5. The lowest BCUT2D eigenvalue weighted by Crippen LogP contribution is -2.30. The van der Waals surface area contributed by atoms with Crippen molar-refractivity contribution in [2.24, 2.45) is 5.73 Å². The molecule has 0 bridgehead atoms. The van der Waals surface area contributed by atoms with Gasteiger partial charge in [0, 0.05) is 23.7 Å². The Morgan fingerprint density at radius 1 is 1.40 bits per heavy atom. The Balaban J connectivity index is 1.98. The molecule has 2 aromatic rings. The fourth-order valence-electron chi connectivity index (χ4n) is 1.83. The number of thiophene rings is 1. The third-order valence-electron chi connectivity index (χ3n) is 2.98. The fourth-order valence-corrected chi connectivity index (χ4v) is 2.58. The molecule has 1 atom stereocenters. The molecule has 0 aliphatic heterocycles. The van der Waals surface area contributed by atoms with Crippen LogP contribution in [-0.4, -0.2) is 18.0 Å². The number of amides is 2. The highest BCUT2D eigenvalue weighted by molar-refractivity contribution is 7.09. The minimum atomic E-state index is -0.125. The third-order valence-corrected chi connectivity index (χ3v) is 3.84. The van der Waals surface area contributed by atoms with Crippen LogP contribution in [0.1, 0.15) is 23.4 Å². The van der Waals surface area contributed by atoms with Crippen molar-refractivity contribution in [1.82, 2.24) is 4.90 Å². The minimum absolute atomic E-state index is 0.0456. The molecule has 2 rings (SSSR count). The van der Waals surface area contributed by atoms with Crippen LogP contribution in [0.2, 0.25) is 0 Å². The van der Waals surface area contributed by atoms with Crippen molar-refractivity contribution in [1.29, 1.82) is 0 Å². The molecule has 1 aromatic carbocycles. The Kier molecular flexibility index (Phi) is 4.76. The van der Waals surface area contributed by atoms with Crippen molar-refractivity contribution in [3.63, 3.8) is 0 Å². The first-order valence-electron chi connectivity index (χ1n) is 6.46. The monoisotopic (exact) mass is 289 g/mol. The van der Waals surface area contributed by atoms with E-state index in [0.29, 0.717) is 6.54 Å². The number of carbonyl (C=O) groups excluding carboxylic acids is 1. The molecule has 0 saturated heterocycles. The second-order valence-electron chi connectivity index (χ2n) is 4.78. The van der Waals surface area contributed by atoms with Gasteiger partial charge < -0.3 is 16.0 Å². The maximum Gasteiger partial charge on any atom is 0.321 e. The molecule has 2 amide bonds. The SMILES string of the molecule is CC(N)c1cccc(NC(=O)N(C)Cc2cccs2)c1. The summed E-state index contributed by atoms with van der Waals surface area (Å²) in [5.74, 6) is 0. The van der Waals surface area contributed by atoms with Crippen LogP contribution in [0.25, 0.3) is 0 Å². The second-order valence-corrected chi connectivity index (χ2v) is 5.81. The Labute approximate surface area is 123 Å². The van der Waals surface area contributed by atoms with Gasteiger partial charge in [-0.3, -0.25) is 0 Å². The molecule has 106 valence electrons. The number of nitrogens with two attached hydrogens (primary N) is 1. The number of carbonyl (C=O) groups is 1. The number of nitrogens with one attached hydrogen (secondary N) is 1. The smallest absolute Gasteiger partial charge is 0.321 e. The van der Waals surface area contributed by atoms with Gasteiger partial charge in [0.2, 0.25) is 0 Å². The van der Waals surface area contributed by atoms with Gasteiger partial charge in [-0.25, -0.2) is 4.79 Å². The summed E-state index contributed by atoms with van der Waals surface area (Å²) in [7, 11) is 1.78. The summed E-state index contributed by atoms with van der Waals surface area (Å²) in [5, 5.41) is 4.89. The van der Waals surface area contributed by atoms with Crippen LogP contribution < -0.4 is 11.1 Å². The largest absolute Gasteiger partial charge is 0.324 e. The molecule has 20 heavy (non-hydrogen) atoms. The van der Waals surface area contributed by atoms with Crippen LogP contribution in [0.5, 0.6) is 0 Å². The van der Waals surface area contributed by atoms with Crippen molar-refractivity contribution < 1.29 is 4.79 Å². The summed E-state index contributed by atoms with van der Waals surface area (Å²) in [6.45, 7) is 2.53. The minimum Gasteiger partial charge on any atom is -0.324 e. The lowest BCUT2D eigenvalue weighted by molar-refractivity contribution is 0.221. The highest BCUT2D eigenvalue weighted by atomic mass is 32.1. The maximum absolute atomic E-state index is 12.1. The van der Waals surface area contributed by atoms with Gasteiger partial charge in [0.1, 0.15) is 0 Å². The molecule has 0 radical (unpaired) electrons. The predicted molar refractivity (Wildman–Crippen MR) is 83.8 cm³/mol. The van der Waals surface area contributed by atoms with Gasteiger partial charge in [0.15, 0.2) is 0 Å². The van der Waals surface area contributed by atoms with Crippen molar-refractivity contribution in [2.45, 2.75) is 19.5 Å². The average molecular weight is 289 g/mol. The maximum atomic E-state index is 12.1. The number of rotatable bonds is 4. The number of hydrogen-bond donors (Lipinski definition) is 2. The molecule has 5 heteroatoms. The van der Waals surface area contributed by atoms with Crippen molar-refractivity contribution >= 4 is 23.1 Å². The fraction of sp³-hybridized carbons (Fsp3) is 0.267. The van der Waals surface area contributed by atoms with Crippen molar-refractivity contribution in [3.05, 3.63) is 52.2 Å². The van der Waals surface area contributed by atoms with Crippen LogP contribution in [0.15, 0.2) is 41.8 Å². The van der Waals surface area contributed by atoms with Crippen LogP contribution in [0.3, 0.4) is 0 Å². The summed E-state index contributed by atoms with van der Waals surface area (Å²) in [6, 6.07) is 11.5. The first-order valence-corrected chi connectivity index (χ1v) is 7.34. The molecule has 4 nitrogen and oxygen atoms in total. The van der Waals surface area contributed by atoms with Gasteiger partial charge in [-0.15, -0.1) is 11.3 Å². The Morgan fingerprint density at radius 2 is 2.20 bits per heavy atom. The molecule has 3 N–H and O–H groups in total. The predicted octanol–water partition coefficient (Wildman–Crippen LogP) is 3.43. The summed E-state index contributed by atoms with van der Waals surface area (Å²) in [6.07, 6.45) is 0. The van der Waals surface area contributed by atoms with E-state index in [9.17, 15) is 4.79 Å². The normalized spacial score (nSPS) is 11.9. The van der Waals surface area contributed by atoms with Crippen molar-refractivity contribution in [3.8, 4) is 0 Å². The number of benzene rings is 1. The first-order chi connectivity index (χ1) is 9.56.